The molecule has 0 atom stereocenters. The molecule has 0 spiro atoms. The number of amides is 2. The van der Waals surface area contributed by atoms with Crippen molar-refractivity contribution in [2.24, 2.45) is 0 Å². The van der Waals surface area contributed by atoms with Crippen LogP contribution < -0.4 is 15.3 Å². The molecule has 4 rings (SSSR count). The summed E-state index contributed by atoms with van der Waals surface area (Å²) < 4.78 is 0. The maximum atomic E-state index is 13.2. The van der Waals surface area contributed by atoms with Crippen molar-refractivity contribution in [3.8, 4) is 0 Å². The second-order valence-corrected chi connectivity index (χ2v) is 7.01. The van der Waals surface area contributed by atoms with Crippen LogP contribution in [-0.2, 0) is 11.3 Å². The van der Waals surface area contributed by atoms with Gasteiger partial charge in [0.05, 0.1) is 23.5 Å². The number of carbonyl (C=O) groups excluding carboxylic acids is 2. The van der Waals surface area contributed by atoms with Crippen molar-refractivity contribution in [1.29, 1.82) is 0 Å². The Morgan fingerprint density at radius 3 is 2.24 bits per heavy atom. The summed E-state index contributed by atoms with van der Waals surface area (Å²) in [6.45, 7) is 1.18. The average molecular weight is 385 g/mol. The maximum Gasteiger partial charge on any atom is 0.271 e. The monoisotopic (exact) mass is 385 g/mol. The Morgan fingerprint density at radius 1 is 0.897 bits per heavy atom. The van der Waals surface area contributed by atoms with Crippen molar-refractivity contribution in [2.75, 3.05) is 16.5 Å². The first-order chi connectivity index (χ1) is 14.2. The molecular formula is C24H23N3O2. The fourth-order valence-electron chi connectivity index (χ4n) is 3.56. The van der Waals surface area contributed by atoms with E-state index >= 15 is 0 Å². The van der Waals surface area contributed by atoms with Gasteiger partial charge in [-0.15, -0.1) is 0 Å². The Kier molecular flexibility index (Phi) is 5.56. The molecule has 29 heavy (non-hydrogen) atoms. The Balaban J connectivity index is 1.61. The van der Waals surface area contributed by atoms with E-state index in [-0.39, 0.29) is 11.8 Å². The Hall–Kier alpha value is -3.60. The van der Waals surface area contributed by atoms with E-state index in [0.717, 1.165) is 17.7 Å². The van der Waals surface area contributed by atoms with Gasteiger partial charge in [-0.25, -0.2) is 0 Å². The number of nitrogens with zero attached hydrogens (tertiary/aromatic N) is 2. The molecule has 5 nitrogen and oxygen atoms in total. The number of benzene rings is 3. The van der Waals surface area contributed by atoms with Gasteiger partial charge in [-0.1, -0.05) is 60.7 Å². The van der Waals surface area contributed by atoms with Crippen molar-refractivity contribution in [1.82, 2.24) is 5.43 Å². The quantitative estimate of drug-likeness (QED) is 0.648. The van der Waals surface area contributed by atoms with Crippen LogP contribution >= 0.6 is 0 Å². The fourth-order valence-corrected chi connectivity index (χ4v) is 3.56. The van der Waals surface area contributed by atoms with E-state index in [9.17, 15) is 9.59 Å². The molecule has 1 saturated heterocycles. The van der Waals surface area contributed by atoms with E-state index in [4.69, 9.17) is 0 Å². The molecule has 2 amide bonds. The summed E-state index contributed by atoms with van der Waals surface area (Å²) in [4.78, 5) is 27.1. The van der Waals surface area contributed by atoms with Gasteiger partial charge in [0.2, 0.25) is 5.91 Å². The van der Waals surface area contributed by atoms with E-state index in [0.29, 0.717) is 30.8 Å². The molecule has 146 valence electrons. The topological polar surface area (TPSA) is 52.7 Å². The molecule has 1 aliphatic heterocycles. The van der Waals surface area contributed by atoms with Gasteiger partial charge in [0.1, 0.15) is 0 Å². The normalized spacial score (nSPS) is 13.4. The van der Waals surface area contributed by atoms with Gasteiger partial charge in [-0.2, -0.15) is 0 Å². The third-order valence-corrected chi connectivity index (χ3v) is 5.00. The first-order valence-electron chi connectivity index (χ1n) is 9.79. The highest BCUT2D eigenvalue weighted by atomic mass is 16.2. The highest BCUT2D eigenvalue weighted by Gasteiger charge is 2.26. The summed E-state index contributed by atoms with van der Waals surface area (Å²) in [5.41, 5.74) is 6.17. The van der Waals surface area contributed by atoms with Gasteiger partial charge >= 0.3 is 0 Å². The molecule has 3 aromatic rings. The second kappa shape index (κ2) is 8.61. The highest BCUT2D eigenvalue weighted by Crippen LogP contribution is 2.26. The zero-order valence-corrected chi connectivity index (χ0v) is 16.1. The molecule has 1 N–H and O–H groups in total. The molecule has 0 unspecified atom stereocenters. The van der Waals surface area contributed by atoms with Crippen LogP contribution in [0.15, 0.2) is 84.9 Å². The summed E-state index contributed by atoms with van der Waals surface area (Å²) in [6.07, 6.45) is 1.35. The molecule has 0 saturated carbocycles. The smallest absolute Gasteiger partial charge is 0.271 e. The van der Waals surface area contributed by atoms with E-state index < -0.39 is 0 Å². The summed E-state index contributed by atoms with van der Waals surface area (Å²) in [5.74, 6) is -0.172. The first kappa shape index (κ1) is 18.7. The number of nitrogens with one attached hydrogen (secondary N) is 1. The predicted molar refractivity (Wildman–Crippen MR) is 115 cm³/mol. The predicted octanol–water partition coefficient (Wildman–Crippen LogP) is 4.17. The van der Waals surface area contributed by atoms with E-state index in [2.05, 4.69) is 5.43 Å². The number of para-hydroxylation sites is 2. The number of hydrazine groups is 1. The van der Waals surface area contributed by atoms with Gasteiger partial charge in [0.25, 0.3) is 5.91 Å². The third kappa shape index (κ3) is 4.29. The van der Waals surface area contributed by atoms with Crippen LogP contribution in [0.25, 0.3) is 0 Å². The van der Waals surface area contributed by atoms with Crippen molar-refractivity contribution in [3.05, 3.63) is 96.1 Å². The summed E-state index contributed by atoms with van der Waals surface area (Å²) in [5, 5.41) is 1.83. The molecule has 0 aliphatic carbocycles. The number of hydrogen-bond donors (Lipinski definition) is 1. The third-order valence-electron chi connectivity index (χ3n) is 5.00. The number of anilines is 2. The fraction of sp³-hybridized carbons (Fsp3) is 0.167. The van der Waals surface area contributed by atoms with Crippen LogP contribution in [0.3, 0.4) is 0 Å². The van der Waals surface area contributed by atoms with Crippen LogP contribution in [0.2, 0.25) is 0 Å². The zero-order chi connectivity index (χ0) is 20.1. The molecule has 0 bridgehead atoms. The second-order valence-electron chi connectivity index (χ2n) is 7.01. The minimum Gasteiger partial charge on any atom is -0.312 e. The van der Waals surface area contributed by atoms with Crippen molar-refractivity contribution in [2.45, 2.75) is 19.4 Å². The lowest BCUT2D eigenvalue weighted by molar-refractivity contribution is -0.117. The van der Waals surface area contributed by atoms with E-state index in [1.807, 2.05) is 83.9 Å². The van der Waals surface area contributed by atoms with Crippen molar-refractivity contribution < 1.29 is 9.59 Å². The van der Waals surface area contributed by atoms with Crippen LogP contribution in [-0.4, -0.2) is 18.4 Å². The van der Waals surface area contributed by atoms with E-state index in [1.165, 1.54) is 0 Å². The number of rotatable bonds is 6. The Labute approximate surface area is 170 Å². The number of carbonyl (C=O) groups is 2. The SMILES string of the molecule is O=C(NN(Cc1ccccc1)c1ccccc1)c1ccccc1N1CCCC1=O. The molecule has 5 heteroatoms. The molecule has 1 aliphatic rings. The van der Waals surface area contributed by atoms with Crippen LogP contribution in [0, 0.1) is 0 Å². The van der Waals surface area contributed by atoms with Crippen LogP contribution in [0.4, 0.5) is 11.4 Å². The standard InChI is InChI=1S/C24H23N3O2/c28-23-16-9-17-26(23)22-15-8-7-14-21(22)24(29)25-27(20-12-5-2-6-13-20)18-19-10-3-1-4-11-19/h1-8,10-15H,9,16-18H2,(H,25,29). The zero-order valence-electron chi connectivity index (χ0n) is 16.1. The molecule has 0 radical (unpaired) electrons. The lowest BCUT2D eigenvalue weighted by atomic mass is 10.1. The van der Waals surface area contributed by atoms with Gasteiger partial charge < -0.3 is 4.90 Å². The summed E-state index contributed by atoms with van der Waals surface area (Å²) >= 11 is 0. The lowest BCUT2D eigenvalue weighted by Crippen LogP contribution is -2.42. The lowest BCUT2D eigenvalue weighted by Gasteiger charge is -2.27. The minimum absolute atomic E-state index is 0.0643. The average Bonchev–Trinajstić information content (AvgIpc) is 3.20. The Bertz CT molecular complexity index is 989. The summed E-state index contributed by atoms with van der Waals surface area (Å²) in [6, 6.07) is 27.0. The number of hydrogen-bond acceptors (Lipinski definition) is 3. The molecular weight excluding hydrogens is 362 g/mol. The molecule has 1 heterocycles. The van der Waals surface area contributed by atoms with Gasteiger partial charge in [-0.05, 0) is 36.2 Å². The van der Waals surface area contributed by atoms with Crippen molar-refractivity contribution in [3.63, 3.8) is 0 Å². The highest BCUT2D eigenvalue weighted by molar-refractivity contribution is 6.05. The minimum atomic E-state index is -0.236. The van der Waals surface area contributed by atoms with E-state index in [1.54, 1.807) is 11.0 Å². The maximum absolute atomic E-state index is 13.2. The Morgan fingerprint density at radius 2 is 1.55 bits per heavy atom. The largest absolute Gasteiger partial charge is 0.312 e. The van der Waals surface area contributed by atoms with Gasteiger partial charge in [0, 0.05) is 13.0 Å². The van der Waals surface area contributed by atoms with Gasteiger partial charge in [-0.3, -0.25) is 20.0 Å². The summed E-state index contributed by atoms with van der Waals surface area (Å²) in [7, 11) is 0. The molecule has 1 fully saturated rings. The van der Waals surface area contributed by atoms with Gasteiger partial charge in [0.15, 0.2) is 0 Å². The van der Waals surface area contributed by atoms with Crippen LogP contribution in [0.1, 0.15) is 28.8 Å². The first-order valence-corrected chi connectivity index (χ1v) is 9.79. The molecule has 3 aromatic carbocycles. The van der Waals surface area contributed by atoms with Crippen LogP contribution in [0.5, 0.6) is 0 Å². The van der Waals surface area contributed by atoms with Crippen molar-refractivity contribution >= 4 is 23.2 Å². The molecule has 0 aromatic heterocycles.